The van der Waals surface area contributed by atoms with Crippen LogP contribution in [0.15, 0.2) is 41.0 Å². The van der Waals surface area contributed by atoms with Crippen LogP contribution in [-0.4, -0.2) is 4.98 Å². The molecule has 0 aliphatic carbocycles. The summed E-state index contributed by atoms with van der Waals surface area (Å²) in [5.74, 6) is 0.205. The Morgan fingerprint density at radius 3 is 2.81 bits per heavy atom. The standard InChI is InChI=1S/C11H6BrClFNO/c12-8-4-3-7(6-10(8)14)16-11-9(13)2-1-5-15-11/h1-6H. The Bertz CT molecular complexity index is 521. The van der Waals surface area contributed by atoms with E-state index in [1.165, 1.54) is 6.07 Å². The molecule has 1 heterocycles. The van der Waals surface area contributed by atoms with Crippen molar-refractivity contribution in [3.63, 3.8) is 0 Å². The normalized spacial score (nSPS) is 10.2. The van der Waals surface area contributed by atoms with Gasteiger partial charge < -0.3 is 4.74 Å². The predicted octanol–water partition coefficient (Wildman–Crippen LogP) is 4.43. The molecule has 0 saturated carbocycles. The van der Waals surface area contributed by atoms with Gasteiger partial charge in [-0.15, -0.1) is 0 Å². The summed E-state index contributed by atoms with van der Waals surface area (Å²) < 4.78 is 18.9. The fraction of sp³-hybridized carbons (Fsp3) is 0. The first-order valence-electron chi connectivity index (χ1n) is 4.40. The van der Waals surface area contributed by atoms with E-state index in [1.54, 1.807) is 30.5 Å². The van der Waals surface area contributed by atoms with Crippen LogP contribution in [0.25, 0.3) is 0 Å². The molecule has 0 spiro atoms. The molecular weight excluding hydrogens is 296 g/mol. The monoisotopic (exact) mass is 301 g/mol. The second-order valence-electron chi connectivity index (χ2n) is 2.97. The molecule has 0 radical (unpaired) electrons. The van der Waals surface area contributed by atoms with Gasteiger partial charge in [0.1, 0.15) is 16.6 Å². The molecule has 82 valence electrons. The number of benzene rings is 1. The smallest absolute Gasteiger partial charge is 0.238 e. The number of halogens is 3. The topological polar surface area (TPSA) is 22.1 Å². The second-order valence-corrected chi connectivity index (χ2v) is 4.23. The maximum atomic E-state index is 13.2. The van der Waals surface area contributed by atoms with Gasteiger partial charge in [0.05, 0.1) is 4.47 Å². The summed E-state index contributed by atoms with van der Waals surface area (Å²) in [5, 5.41) is 0.380. The maximum Gasteiger partial charge on any atom is 0.238 e. The van der Waals surface area contributed by atoms with Crippen LogP contribution in [0.5, 0.6) is 11.6 Å². The zero-order chi connectivity index (χ0) is 11.5. The molecule has 0 unspecified atom stereocenters. The molecule has 0 amide bonds. The highest BCUT2D eigenvalue weighted by atomic mass is 79.9. The molecule has 1 aromatic heterocycles. The first-order chi connectivity index (χ1) is 7.66. The minimum absolute atomic E-state index is 0.255. The number of ether oxygens (including phenoxy) is 1. The number of hydrogen-bond acceptors (Lipinski definition) is 2. The van der Waals surface area contributed by atoms with Crippen molar-refractivity contribution in [3.05, 3.63) is 51.8 Å². The van der Waals surface area contributed by atoms with Gasteiger partial charge in [-0.2, -0.15) is 0 Å². The zero-order valence-electron chi connectivity index (χ0n) is 7.95. The summed E-state index contributed by atoms with van der Waals surface area (Å²) in [5.41, 5.74) is 0. The molecular formula is C11H6BrClFNO. The van der Waals surface area contributed by atoms with Gasteiger partial charge in [-0.1, -0.05) is 11.6 Å². The van der Waals surface area contributed by atoms with Crippen molar-refractivity contribution in [2.75, 3.05) is 0 Å². The highest BCUT2D eigenvalue weighted by molar-refractivity contribution is 9.10. The minimum Gasteiger partial charge on any atom is -0.437 e. The average Bonchev–Trinajstić information content (AvgIpc) is 2.27. The van der Waals surface area contributed by atoms with Crippen molar-refractivity contribution in [1.29, 1.82) is 0 Å². The molecule has 0 fully saturated rings. The van der Waals surface area contributed by atoms with Gasteiger partial charge in [0, 0.05) is 12.3 Å². The molecule has 0 N–H and O–H groups in total. The van der Waals surface area contributed by atoms with E-state index < -0.39 is 5.82 Å². The van der Waals surface area contributed by atoms with Crippen LogP contribution in [-0.2, 0) is 0 Å². The van der Waals surface area contributed by atoms with Crippen LogP contribution in [0.3, 0.4) is 0 Å². The van der Waals surface area contributed by atoms with Crippen LogP contribution >= 0.6 is 27.5 Å². The van der Waals surface area contributed by atoms with Crippen LogP contribution in [0.1, 0.15) is 0 Å². The van der Waals surface area contributed by atoms with E-state index in [9.17, 15) is 4.39 Å². The molecule has 1 aromatic carbocycles. The fourth-order valence-electron chi connectivity index (χ4n) is 1.10. The quantitative estimate of drug-likeness (QED) is 0.819. The molecule has 5 heteroatoms. The summed E-state index contributed by atoms with van der Waals surface area (Å²) in [6, 6.07) is 7.78. The summed E-state index contributed by atoms with van der Waals surface area (Å²) in [4.78, 5) is 3.94. The van der Waals surface area contributed by atoms with Gasteiger partial charge in [-0.05, 0) is 40.2 Å². The summed E-state index contributed by atoms with van der Waals surface area (Å²) in [6.45, 7) is 0. The van der Waals surface area contributed by atoms with E-state index in [0.717, 1.165) is 0 Å². The van der Waals surface area contributed by atoms with Crippen molar-refractivity contribution >= 4 is 27.5 Å². The van der Waals surface area contributed by atoms with Crippen molar-refractivity contribution < 1.29 is 9.13 Å². The van der Waals surface area contributed by atoms with Crippen molar-refractivity contribution in [1.82, 2.24) is 4.98 Å². The lowest BCUT2D eigenvalue weighted by Crippen LogP contribution is -1.89. The van der Waals surface area contributed by atoms with Gasteiger partial charge in [-0.25, -0.2) is 9.37 Å². The molecule has 16 heavy (non-hydrogen) atoms. The molecule has 0 aliphatic rings. The van der Waals surface area contributed by atoms with Crippen LogP contribution in [0, 0.1) is 5.82 Å². The lowest BCUT2D eigenvalue weighted by atomic mass is 10.3. The molecule has 0 saturated heterocycles. The molecule has 2 nitrogen and oxygen atoms in total. The first kappa shape index (κ1) is 11.4. The van der Waals surface area contributed by atoms with Crippen molar-refractivity contribution in [3.8, 4) is 11.6 Å². The molecule has 0 atom stereocenters. The van der Waals surface area contributed by atoms with E-state index in [4.69, 9.17) is 16.3 Å². The third-order valence-corrected chi connectivity index (χ3v) is 2.76. The van der Waals surface area contributed by atoms with Gasteiger partial charge in [0.15, 0.2) is 0 Å². The van der Waals surface area contributed by atoms with Crippen LogP contribution in [0.2, 0.25) is 5.02 Å². The van der Waals surface area contributed by atoms with Crippen LogP contribution < -0.4 is 4.74 Å². The third kappa shape index (κ3) is 2.51. The van der Waals surface area contributed by atoms with Crippen LogP contribution in [0.4, 0.5) is 4.39 Å². The Kier molecular flexibility index (Phi) is 3.41. The van der Waals surface area contributed by atoms with E-state index in [2.05, 4.69) is 20.9 Å². The molecule has 2 rings (SSSR count). The van der Waals surface area contributed by atoms with E-state index in [1.807, 2.05) is 0 Å². The number of pyridine rings is 1. The summed E-state index contributed by atoms with van der Waals surface area (Å²) >= 11 is 8.91. The van der Waals surface area contributed by atoms with Gasteiger partial charge >= 0.3 is 0 Å². The summed E-state index contributed by atoms with van der Waals surface area (Å²) in [6.07, 6.45) is 1.55. The van der Waals surface area contributed by atoms with E-state index in [-0.39, 0.29) is 5.88 Å². The van der Waals surface area contributed by atoms with Gasteiger partial charge in [-0.3, -0.25) is 0 Å². The SMILES string of the molecule is Fc1cc(Oc2ncccc2Cl)ccc1Br. The Morgan fingerprint density at radius 2 is 2.12 bits per heavy atom. The third-order valence-electron chi connectivity index (χ3n) is 1.83. The van der Waals surface area contributed by atoms with Crippen molar-refractivity contribution in [2.45, 2.75) is 0 Å². The minimum atomic E-state index is -0.399. The average molecular weight is 303 g/mol. The lowest BCUT2D eigenvalue weighted by Gasteiger charge is -2.06. The molecule has 0 bridgehead atoms. The highest BCUT2D eigenvalue weighted by Crippen LogP contribution is 2.28. The Hall–Kier alpha value is -1.13. The molecule has 2 aromatic rings. The second kappa shape index (κ2) is 4.80. The number of nitrogens with zero attached hydrogens (tertiary/aromatic N) is 1. The first-order valence-corrected chi connectivity index (χ1v) is 5.57. The maximum absolute atomic E-state index is 13.2. The Labute approximate surface area is 105 Å². The largest absolute Gasteiger partial charge is 0.437 e. The number of rotatable bonds is 2. The highest BCUT2D eigenvalue weighted by Gasteiger charge is 2.06. The Balaban J connectivity index is 2.28. The predicted molar refractivity (Wildman–Crippen MR) is 63.4 cm³/mol. The van der Waals surface area contributed by atoms with Crippen molar-refractivity contribution in [2.24, 2.45) is 0 Å². The van der Waals surface area contributed by atoms with E-state index in [0.29, 0.717) is 15.2 Å². The Morgan fingerprint density at radius 1 is 1.31 bits per heavy atom. The lowest BCUT2D eigenvalue weighted by molar-refractivity contribution is 0.458. The zero-order valence-corrected chi connectivity index (χ0v) is 10.3. The molecule has 0 aliphatic heterocycles. The fourth-order valence-corrected chi connectivity index (χ4v) is 1.51. The van der Waals surface area contributed by atoms with Gasteiger partial charge in [0.25, 0.3) is 0 Å². The van der Waals surface area contributed by atoms with E-state index >= 15 is 0 Å². The number of aromatic nitrogens is 1. The van der Waals surface area contributed by atoms with Gasteiger partial charge in [0.2, 0.25) is 5.88 Å². The number of hydrogen-bond donors (Lipinski definition) is 0. The summed E-state index contributed by atoms with van der Waals surface area (Å²) in [7, 11) is 0.